The number of piperidine rings is 1. The number of aryl methyl sites for hydroxylation is 1. The first-order valence-electron chi connectivity index (χ1n) is 15.0. The summed E-state index contributed by atoms with van der Waals surface area (Å²) in [5, 5.41) is 0. The fourth-order valence-electron chi connectivity index (χ4n) is 6.67. The Morgan fingerprint density at radius 3 is 2.12 bits per heavy atom. The van der Waals surface area contributed by atoms with Crippen LogP contribution in [0.1, 0.15) is 69.2 Å². The van der Waals surface area contributed by atoms with E-state index in [1.54, 1.807) is 21.3 Å². The molecule has 0 aromatic heterocycles. The smallest absolute Gasteiger partial charge is 0.325 e. The number of benzene rings is 2. The lowest BCUT2D eigenvalue weighted by molar-refractivity contribution is 0.0890. The third-order valence-corrected chi connectivity index (χ3v) is 8.53. The normalized spacial score (nSPS) is 17.8. The molecule has 3 aliphatic rings. The minimum absolute atomic E-state index is 0.0928. The largest absolute Gasteiger partial charge is 0.497 e. The molecule has 0 unspecified atom stereocenters. The number of ether oxygens (including phenoxy) is 3. The summed E-state index contributed by atoms with van der Waals surface area (Å²) in [5.41, 5.74) is 6.19. The van der Waals surface area contributed by atoms with Crippen LogP contribution in [0.5, 0.6) is 17.2 Å². The number of hydrogen-bond donors (Lipinski definition) is 0. The second-order valence-corrected chi connectivity index (χ2v) is 10.8. The van der Waals surface area contributed by atoms with Crippen LogP contribution in [-0.2, 0) is 19.5 Å². The van der Waals surface area contributed by atoms with Gasteiger partial charge in [-0.15, -0.1) is 0 Å². The van der Waals surface area contributed by atoms with E-state index in [0.29, 0.717) is 13.1 Å². The lowest BCUT2D eigenvalue weighted by Gasteiger charge is -2.44. The molecule has 0 aliphatic carbocycles. The van der Waals surface area contributed by atoms with Gasteiger partial charge in [-0.1, -0.05) is 39.8 Å². The van der Waals surface area contributed by atoms with Crippen molar-refractivity contribution < 1.29 is 19.0 Å². The molecule has 7 heteroatoms. The Morgan fingerprint density at radius 1 is 0.902 bits per heavy atom. The number of allylic oxidation sites excluding steroid dienone is 2. The summed E-state index contributed by atoms with van der Waals surface area (Å²) in [6, 6.07) is 10.5. The molecule has 2 aromatic carbocycles. The van der Waals surface area contributed by atoms with Crippen molar-refractivity contribution in [1.82, 2.24) is 14.7 Å². The molecular weight excluding hydrogens is 514 g/mol. The Labute approximate surface area is 246 Å². The molecule has 0 saturated carbocycles. The highest BCUT2D eigenvalue weighted by atomic mass is 16.5. The minimum atomic E-state index is -0.334. The SMILES string of the molecule is C=C1C=C2N(Cc3cc(CCC)cc(OC)c31)C(=O)N(CC)C21CCN(Cc2cc(OC)cc(OC)c2)CC1.CC. The third kappa shape index (κ3) is 5.69. The van der Waals surface area contributed by atoms with Gasteiger partial charge in [-0.05, 0) is 72.7 Å². The molecule has 1 spiro atoms. The van der Waals surface area contributed by atoms with Crippen molar-refractivity contribution in [2.24, 2.45) is 0 Å². The molecule has 2 aromatic rings. The zero-order valence-electron chi connectivity index (χ0n) is 26.0. The number of rotatable bonds is 8. The van der Waals surface area contributed by atoms with Gasteiger partial charge in [0.25, 0.3) is 0 Å². The number of carbonyl (C=O) groups is 1. The number of carbonyl (C=O) groups excluding carboxylic acids is 1. The number of methoxy groups -OCH3 is 3. The van der Waals surface area contributed by atoms with Gasteiger partial charge in [0.15, 0.2) is 0 Å². The summed E-state index contributed by atoms with van der Waals surface area (Å²) in [6.07, 6.45) is 5.94. The molecular formula is C34H47N3O4. The average molecular weight is 562 g/mol. The van der Waals surface area contributed by atoms with Gasteiger partial charge < -0.3 is 19.1 Å². The molecule has 2 amide bonds. The number of likely N-dealkylation sites (tertiary alicyclic amines) is 1. The fraction of sp³-hybridized carbons (Fsp3) is 0.500. The summed E-state index contributed by atoms with van der Waals surface area (Å²) in [7, 11) is 5.08. The maximum absolute atomic E-state index is 13.9. The van der Waals surface area contributed by atoms with Crippen LogP contribution in [0.2, 0.25) is 0 Å². The van der Waals surface area contributed by atoms with Gasteiger partial charge in [0.1, 0.15) is 17.2 Å². The van der Waals surface area contributed by atoms with Crippen LogP contribution in [0.3, 0.4) is 0 Å². The lowest BCUT2D eigenvalue weighted by atomic mass is 9.82. The van der Waals surface area contributed by atoms with Crippen molar-refractivity contribution in [2.75, 3.05) is 41.0 Å². The molecule has 41 heavy (non-hydrogen) atoms. The first kappa shape index (κ1) is 30.5. The highest BCUT2D eigenvalue weighted by Gasteiger charge is 2.54. The van der Waals surface area contributed by atoms with Gasteiger partial charge in [-0.2, -0.15) is 0 Å². The Bertz CT molecular complexity index is 1270. The molecule has 0 N–H and O–H groups in total. The van der Waals surface area contributed by atoms with Crippen molar-refractivity contribution in [3.63, 3.8) is 0 Å². The molecule has 0 radical (unpaired) electrons. The predicted molar refractivity (Wildman–Crippen MR) is 166 cm³/mol. The summed E-state index contributed by atoms with van der Waals surface area (Å²) in [4.78, 5) is 20.5. The highest BCUT2D eigenvalue weighted by Crippen LogP contribution is 2.48. The monoisotopic (exact) mass is 561 g/mol. The van der Waals surface area contributed by atoms with Crippen molar-refractivity contribution in [2.45, 2.75) is 72.0 Å². The van der Waals surface area contributed by atoms with E-state index in [4.69, 9.17) is 14.2 Å². The number of likely N-dealkylation sites (N-methyl/N-ethyl adjacent to an activating group) is 1. The van der Waals surface area contributed by atoms with Crippen molar-refractivity contribution in [3.8, 4) is 17.2 Å². The average Bonchev–Trinajstić information content (AvgIpc) is 3.09. The van der Waals surface area contributed by atoms with Gasteiger partial charge in [-0.25, -0.2) is 4.79 Å². The molecule has 7 nitrogen and oxygen atoms in total. The van der Waals surface area contributed by atoms with Gasteiger partial charge in [0, 0.05) is 43.5 Å². The van der Waals surface area contributed by atoms with Gasteiger partial charge in [-0.3, -0.25) is 9.80 Å². The number of hydrogen-bond acceptors (Lipinski definition) is 5. The van der Waals surface area contributed by atoms with Crippen LogP contribution in [0.25, 0.3) is 5.57 Å². The van der Waals surface area contributed by atoms with Crippen LogP contribution < -0.4 is 14.2 Å². The zero-order chi connectivity index (χ0) is 29.7. The predicted octanol–water partition coefficient (Wildman–Crippen LogP) is 6.89. The number of nitrogens with zero attached hydrogens (tertiary/aromatic N) is 3. The first-order valence-corrected chi connectivity index (χ1v) is 15.0. The third-order valence-electron chi connectivity index (χ3n) is 8.53. The molecule has 0 atom stereocenters. The van der Waals surface area contributed by atoms with Gasteiger partial charge in [0.2, 0.25) is 0 Å². The summed E-state index contributed by atoms with van der Waals surface area (Å²) >= 11 is 0. The molecule has 5 rings (SSSR count). The Balaban J connectivity index is 0.00000189. The second-order valence-electron chi connectivity index (χ2n) is 10.8. The molecule has 222 valence electrons. The quantitative estimate of drug-likeness (QED) is 0.351. The van der Waals surface area contributed by atoms with E-state index < -0.39 is 0 Å². The van der Waals surface area contributed by atoms with Crippen LogP contribution in [0.15, 0.2) is 48.7 Å². The van der Waals surface area contributed by atoms with Gasteiger partial charge in [0.05, 0.1) is 33.4 Å². The minimum Gasteiger partial charge on any atom is -0.497 e. The molecule has 0 bridgehead atoms. The van der Waals surface area contributed by atoms with E-state index in [9.17, 15) is 4.79 Å². The first-order chi connectivity index (χ1) is 19.9. The highest BCUT2D eigenvalue weighted by molar-refractivity contribution is 5.88. The fourth-order valence-corrected chi connectivity index (χ4v) is 6.67. The molecule has 3 heterocycles. The maximum atomic E-state index is 13.9. The maximum Gasteiger partial charge on any atom is 0.325 e. The summed E-state index contributed by atoms with van der Waals surface area (Å²) < 4.78 is 16.8. The number of fused-ring (bicyclic) bond motifs is 3. The Hall–Kier alpha value is -3.45. The van der Waals surface area contributed by atoms with Crippen molar-refractivity contribution >= 4 is 11.6 Å². The van der Waals surface area contributed by atoms with Crippen molar-refractivity contribution in [3.05, 3.63) is 70.9 Å². The van der Waals surface area contributed by atoms with Crippen LogP contribution >= 0.6 is 0 Å². The lowest BCUT2D eigenvalue weighted by Crippen LogP contribution is -2.53. The van der Waals surface area contributed by atoms with Gasteiger partial charge >= 0.3 is 6.03 Å². The summed E-state index contributed by atoms with van der Waals surface area (Å²) in [6.45, 7) is 16.5. The van der Waals surface area contributed by atoms with E-state index >= 15 is 0 Å². The van der Waals surface area contributed by atoms with E-state index in [2.05, 4.69) is 60.6 Å². The second kappa shape index (κ2) is 13.0. The molecule has 2 fully saturated rings. The molecule has 2 saturated heterocycles. The Kier molecular flexibility index (Phi) is 9.69. The summed E-state index contributed by atoms with van der Waals surface area (Å²) in [5.74, 6) is 2.44. The van der Waals surface area contributed by atoms with E-state index in [1.807, 2.05) is 24.8 Å². The number of amides is 2. The zero-order valence-corrected chi connectivity index (χ0v) is 26.0. The van der Waals surface area contributed by atoms with Crippen LogP contribution in [0.4, 0.5) is 4.79 Å². The standard InChI is InChI=1S/C32H41N3O4.C2H6/c1-7-9-23-15-25-21-34-29(14-22(3)30(25)28(18-23)39-6)32(35(8-2)31(34)36)10-12-33(13-11-32)20-24-16-26(37-4)19-27(17-24)38-5;1-2/h14-19H,3,7-13,20-21H2,1-2,4-6H3;1-2H3. The van der Waals surface area contributed by atoms with Crippen molar-refractivity contribution in [1.29, 1.82) is 0 Å². The number of urea groups is 1. The van der Waals surface area contributed by atoms with Crippen LogP contribution in [0, 0.1) is 0 Å². The van der Waals surface area contributed by atoms with E-state index in [0.717, 1.165) is 90.5 Å². The van der Waals surface area contributed by atoms with E-state index in [1.165, 1.54) is 5.56 Å². The van der Waals surface area contributed by atoms with Crippen LogP contribution in [-0.4, -0.2) is 67.2 Å². The molecule has 3 aliphatic heterocycles. The topological polar surface area (TPSA) is 54.5 Å². The van der Waals surface area contributed by atoms with E-state index in [-0.39, 0.29) is 11.6 Å². The Morgan fingerprint density at radius 2 is 1.56 bits per heavy atom.